The van der Waals surface area contributed by atoms with Crippen LogP contribution in [-0.2, 0) is 14.3 Å². The summed E-state index contributed by atoms with van der Waals surface area (Å²) in [5, 5.41) is 2.83. The first-order chi connectivity index (χ1) is 13.3. The van der Waals surface area contributed by atoms with Crippen LogP contribution < -0.4 is 10.2 Å². The second-order valence-corrected chi connectivity index (χ2v) is 6.75. The van der Waals surface area contributed by atoms with E-state index in [1.54, 1.807) is 24.3 Å². The number of methoxy groups -OCH3 is 1. The van der Waals surface area contributed by atoms with Crippen LogP contribution in [0.4, 0.5) is 11.4 Å². The molecule has 0 radical (unpaired) electrons. The Labute approximate surface area is 165 Å². The predicted molar refractivity (Wildman–Crippen MR) is 110 cm³/mol. The average Bonchev–Trinajstić information content (AvgIpc) is 2.68. The van der Waals surface area contributed by atoms with Crippen molar-refractivity contribution >= 4 is 29.2 Å². The average molecular weight is 382 g/mol. The van der Waals surface area contributed by atoms with Crippen LogP contribution in [0, 0.1) is 0 Å². The predicted octanol–water partition coefficient (Wildman–Crippen LogP) is 3.98. The number of carbonyl (C=O) groups excluding carboxylic acids is 3. The SMILES string of the molecule is COC(=O)c1ccccc1N(CCC(=O)Nc1ccc(C(C)C)cc1)C(C)=O. The number of anilines is 2. The molecular weight excluding hydrogens is 356 g/mol. The van der Waals surface area contributed by atoms with Crippen molar-refractivity contribution in [2.24, 2.45) is 0 Å². The first kappa shape index (κ1) is 21.2. The van der Waals surface area contributed by atoms with Gasteiger partial charge in [-0.3, -0.25) is 9.59 Å². The fourth-order valence-electron chi connectivity index (χ4n) is 2.83. The van der Waals surface area contributed by atoms with E-state index in [1.165, 1.54) is 24.5 Å². The Balaban J connectivity index is 2.07. The minimum Gasteiger partial charge on any atom is -0.465 e. The van der Waals surface area contributed by atoms with Crippen LogP contribution in [0.1, 0.15) is 49.0 Å². The molecule has 28 heavy (non-hydrogen) atoms. The molecule has 6 heteroatoms. The molecule has 0 heterocycles. The van der Waals surface area contributed by atoms with Crippen LogP contribution in [0.5, 0.6) is 0 Å². The second-order valence-electron chi connectivity index (χ2n) is 6.75. The van der Waals surface area contributed by atoms with E-state index in [9.17, 15) is 14.4 Å². The fourth-order valence-corrected chi connectivity index (χ4v) is 2.83. The summed E-state index contributed by atoms with van der Waals surface area (Å²) in [6.07, 6.45) is 0.0982. The van der Waals surface area contributed by atoms with Crippen molar-refractivity contribution in [2.45, 2.75) is 33.1 Å². The summed E-state index contributed by atoms with van der Waals surface area (Å²) < 4.78 is 4.78. The van der Waals surface area contributed by atoms with E-state index in [1.807, 2.05) is 24.3 Å². The Hall–Kier alpha value is -3.15. The highest BCUT2D eigenvalue weighted by Gasteiger charge is 2.20. The molecule has 0 atom stereocenters. The molecule has 2 amide bonds. The van der Waals surface area contributed by atoms with E-state index in [0.717, 1.165) is 0 Å². The van der Waals surface area contributed by atoms with E-state index in [-0.39, 0.29) is 30.3 Å². The lowest BCUT2D eigenvalue weighted by Gasteiger charge is -2.23. The van der Waals surface area contributed by atoms with Crippen molar-refractivity contribution in [2.75, 3.05) is 23.9 Å². The molecule has 2 rings (SSSR count). The summed E-state index contributed by atoms with van der Waals surface area (Å²) in [5.74, 6) is -0.579. The lowest BCUT2D eigenvalue weighted by Crippen LogP contribution is -2.33. The zero-order valence-electron chi connectivity index (χ0n) is 16.7. The van der Waals surface area contributed by atoms with Crippen LogP contribution in [-0.4, -0.2) is 31.4 Å². The number of rotatable bonds is 7. The molecule has 0 unspecified atom stereocenters. The van der Waals surface area contributed by atoms with Crippen molar-refractivity contribution in [3.05, 3.63) is 59.7 Å². The smallest absolute Gasteiger partial charge is 0.339 e. The highest BCUT2D eigenvalue weighted by Crippen LogP contribution is 2.22. The molecule has 6 nitrogen and oxygen atoms in total. The molecule has 0 aliphatic carbocycles. The number of para-hydroxylation sites is 1. The lowest BCUT2D eigenvalue weighted by atomic mass is 10.0. The van der Waals surface area contributed by atoms with Gasteiger partial charge in [0, 0.05) is 25.6 Å². The van der Waals surface area contributed by atoms with Gasteiger partial charge >= 0.3 is 5.97 Å². The summed E-state index contributed by atoms with van der Waals surface area (Å²) >= 11 is 0. The van der Waals surface area contributed by atoms with Crippen molar-refractivity contribution in [3.63, 3.8) is 0 Å². The van der Waals surface area contributed by atoms with Gasteiger partial charge in [0.05, 0.1) is 18.4 Å². The molecule has 2 aromatic rings. The molecule has 148 valence electrons. The molecular formula is C22H26N2O4. The number of carbonyl (C=O) groups is 3. The number of nitrogens with zero attached hydrogens (tertiary/aromatic N) is 1. The third kappa shape index (κ3) is 5.42. The van der Waals surface area contributed by atoms with Crippen LogP contribution in [0.15, 0.2) is 48.5 Å². The number of ether oxygens (including phenoxy) is 1. The minimum absolute atomic E-state index is 0.0982. The zero-order chi connectivity index (χ0) is 20.7. The summed E-state index contributed by atoms with van der Waals surface area (Å²) in [7, 11) is 1.29. The van der Waals surface area contributed by atoms with Gasteiger partial charge in [0.2, 0.25) is 11.8 Å². The summed E-state index contributed by atoms with van der Waals surface area (Å²) in [6.45, 7) is 5.77. The molecule has 0 aliphatic heterocycles. The van der Waals surface area contributed by atoms with Crippen LogP contribution in [0.25, 0.3) is 0 Å². The quantitative estimate of drug-likeness (QED) is 0.735. The number of hydrogen-bond donors (Lipinski definition) is 1. The Bertz CT molecular complexity index is 844. The highest BCUT2D eigenvalue weighted by atomic mass is 16.5. The number of amides is 2. The van der Waals surface area contributed by atoms with Gasteiger partial charge in [0.15, 0.2) is 0 Å². The van der Waals surface area contributed by atoms with Gasteiger partial charge in [-0.1, -0.05) is 38.1 Å². The summed E-state index contributed by atoms with van der Waals surface area (Å²) in [6, 6.07) is 14.4. The Morgan fingerprint density at radius 2 is 1.68 bits per heavy atom. The first-order valence-electron chi connectivity index (χ1n) is 9.18. The van der Waals surface area contributed by atoms with Crippen LogP contribution >= 0.6 is 0 Å². The van der Waals surface area contributed by atoms with Crippen LogP contribution in [0.3, 0.4) is 0 Å². The van der Waals surface area contributed by atoms with E-state index < -0.39 is 5.97 Å². The van der Waals surface area contributed by atoms with Crippen molar-refractivity contribution in [1.82, 2.24) is 0 Å². The summed E-state index contributed by atoms with van der Waals surface area (Å²) in [5.41, 5.74) is 2.61. The van der Waals surface area contributed by atoms with Gasteiger partial charge < -0.3 is 15.0 Å². The van der Waals surface area contributed by atoms with Gasteiger partial charge in [-0.25, -0.2) is 4.79 Å². The molecule has 0 bridgehead atoms. The van der Waals surface area contributed by atoms with E-state index in [4.69, 9.17) is 4.74 Å². The minimum atomic E-state index is -0.531. The van der Waals surface area contributed by atoms with Gasteiger partial charge in [-0.15, -0.1) is 0 Å². The third-order valence-electron chi connectivity index (χ3n) is 4.40. The largest absolute Gasteiger partial charge is 0.465 e. The molecule has 0 saturated heterocycles. The normalized spacial score (nSPS) is 10.5. The van der Waals surface area contributed by atoms with Crippen molar-refractivity contribution in [3.8, 4) is 0 Å². The molecule has 0 saturated carbocycles. The van der Waals surface area contributed by atoms with Gasteiger partial charge in [0.1, 0.15) is 0 Å². The summed E-state index contributed by atoms with van der Waals surface area (Å²) in [4.78, 5) is 37.8. The number of nitrogens with one attached hydrogen (secondary N) is 1. The maximum atomic E-state index is 12.3. The van der Waals surface area contributed by atoms with E-state index in [0.29, 0.717) is 17.3 Å². The standard InChI is InChI=1S/C22H26N2O4/c1-15(2)17-9-11-18(12-10-17)23-21(26)13-14-24(16(3)25)20-8-6-5-7-19(20)22(27)28-4/h5-12,15H,13-14H2,1-4H3,(H,23,26). The molecule has 0 fully saturated rings. The van der Waals surface area contributed by atoms with Gasteiger partial charge in [0.25, 0.3) is 0 Å². The number of esters is 1. The Morgan fingerprint density at radius 1 is 1.04 bits per heavy atom. The number of hydrogen-bond acceptors (Lipinski definition) is 4. The first-order valence-corrected chi connectivity index (χ1v) is 9.18. The van der Waals surface area contributed by atoms with E-state index >= 15 is 0 Å². The molecule has 0 aromatic heterocycles. The second kappa shape index (κ2) is 9.69. The maximum absolute atomic E-state index is 12.3. The van der Waals surface area contributed by atoms with Gasteiger partial charge in [-0.2, -0.15) is 0 Å². The number of benzene rings is 2. The Kier molecular flexibility index (Phi) is 7.32. The maximum Gasteiger partial charge on any atom is 0.339 e. The third-order valence-corrected chi connectivity index (χ3v) is 4.40. The monoisotopic (exact) mass is 382 g/mol. The fraction of sp³-hybridized carbons (Fsp3) is 0.318. The molecule has 0 spiro atoms. The Morgan fingerprint density at radius 3 is 2.25 bits per heavy atom. The zero-order valence-corrected chi connectivity index (χ0v) is 16.7. The van der Waals surface area contributed by atoms with Crippen molar-refractivity contribution < 1.29 is 19.1 Å². The van der Waals surface area contributed by atoms with Crippen LogP contribution in [0.2, 0.25) is 0 Å². The lowest BCUT2D eigenvalue weighted by molar-refractivity contribution is -0.117. The molecule has 1 N–H and O–H groups in total. The topological polar surface area (TPSA) is 75.7 Å². The highest BCUT2D eigenvalue weighted by molar-refractivity contribution is 6.02. The van der Waals surface area contributed by atoms with E-state index in [2.05, 4.69) is 19.2 Å². The van der Waals surface area contributed by atoms with Crippen molar-refractivity contribution in [1.29, 1.82) is 0 Å². The van der Waals surface area contributed by atoms with Gasteiger partial charge in [-0.05, 0) is 35.7 Å². The molecule has 0 aliphatic rings. The molecule has 2 aromatic carbocycles.